The van der Waals surface area contributed by atoms with E-state index in [9.17, 15) is 9.50 Å². The molecule has 7 nitrogen and oxygen atoms in total. The van der Waals surface area contributed by atoms with Crippen molar-refractivity contribution in [1.82, 2.24) is 25.7 Å². The molecule has 2 aromatic heterocycles. The van der Waals surface area contributed by atoms with Crippen LogP contribution < -0.4 is 10.1 Å². The second kappa shape index (κ2) is 7.06. The minimum Gasteiger partial charge on any atom is -0.507 e. The van der Waals surface area contributed by atoms with E-state index in [1.165, 1.54) is 11.3 Å². The fourth-order valence-corrected chi connectivity index (χ4v) is 4.48. The number of benzene rings is 1. The third-order valence-corrected chi connectivity index (χ3v) is 6.07. The van der Waals surface area contributed by atoms with Crippen LogP contribution in [0.2, 0.25) is 0 Å². The maximum atomic E-state index is 14.5. The maximum Gasteiger partial charge on any atom is 0.233 e. The highest BCUT2D eigenvalue weighted by Crippen LogP contribution is 2.34. The highest BCUT2D eigenvalue weighted by atomic mass is 32.1. The molecule has 0 unspecified atom stereocenters. The van der Waals surface area contributed by atoms with E-state index in [1.54, 1.807) is 29.8 Å². The summed E-state index contributed by atoms with van der Waals surface area (Å²) >= 11 is 1.40. The highest BCUT2D eigenvalue weighted by molar-refractivity contribution is 7.12. The van der Waals surface area contributed by atoms with Crippen molar-refractivity contribution in [2.24, 2.45) is 0 Å². The molecule has 5 rings (SSSR count). The van der Waals surface area contributed by atoms with Gasteiger partial charge in [-0.15, -0.1) is 20.4 Å². The molecule has 0 amide bonds. The zero-order valence-electron chi connectivity index (χ0n) is 14.8. The van der Waals surface area contributed by atoms with E-state index in [0.717, 1.165) is 23.4 Å². The lowest BCUT2D eigenvalue weighted by atomic mass is 10.0. The van der Waals surface area contributed by atoms with Crippen LogP contribution in [0, 0.1) is 0 Å². The van der Waals surface area contributed by atoms with Crippen molar-refractivity contribution in [1.29, 1.82) is 0 Å². The Morgan fingerprint density at radius 1 is 1.14 bits per heavy atom. The molecule has 0 spiro atoms. The molecule has 0 aliphatic carbocycles. The standard InChI is InChI=1S/C19H18FN5O2S/c20-18-14-4-2-11(22-14)8-16(18)27-17-6-5-13(23-24-17)12-3-1-10(7-15(12)26)19-25-21-9-28-19/h1,3,5-7,9,11,14,16,18,22,26H,2,4,8H2/t11-,14+,16-,18+/m0/s1. The Morgan fingerprint density at radius 3 is 2.82 bits per heavy atom. The quantitative estimate of drug-likeness (QED) is 0.697. The highest BCUT2D eigenvalue weighted by Gasteiger charge is 2.43. The van der Waals surface area contributed by atoms with Crippen LogP contribution in [0.3, 0.4) is 0 Å². The number of halogens is 1. The molecule has 2 bridgehead atoms. The molecule has 2 aliphatic rings. The molecule has 1 aromatic carbocycles. The van der Waals surface area contributed by atoms with Crippen LogP contribution in [0.15, 0.2) is 35.8 Å². The normalized spacial score (nSPS) is 26.3. The molecule has 0 radical (unpaired) electrons. The third kappa shape index (κ3) is 3.20. The first-order chi connectivity index (χ1) is 13.7. The number of alkyl halides is 1. The lowest BCUT2D eigenvalue weighted by molar-refractivity contribution is 0.0422. The van der Waals surface area contributed by atoms with Crippen molar-refractivity contribution in [3.63, 3.8) is 0 Å². The van der Waals surface area contributed by atoms with Crippen LogP contribution in [0.5, 0.6) is 11.6 Å². The Morgan fingerprint density at radius 2 is 2.07 bits per heavy atom. The Bertz CT molecular complexity index is 969. The number of ether oxygens (including phenoxy) is 1. The lowest BCUT2D eigenvalue weighted by Crippen LogP contribution is -2.51. The number of hydrogen-bond acceptors (Lipinski definition) is 8. The van der Waals surface area contributed by atoms with E-state index in [2.05, 4.69) is 25.7 Å². The van der Waals surface area contributed by atoms with Crippen LogP contribution in [-0.2, 0) is 0 Å². The van der Waals surface area contributed by atoms with Gasteiger partial charge in [0.1, 0.15) is 22.4 Å². The number of nitrogens with one attached hydrogen (secondary N) is 1. The second-order valence-electron chi connectivity index (χ2n) is 7.12. The zero-order chi connectivity index (χ0) is 19.1. The predicted octanol–water partition coefficient (Wildman–Crippen LogP) is 2.98. The average Bonchev–Trinajstić information content (AvgIpc) is 3.37. The Kier molecular flexibility index (Phi) is 4.40. The fourth-order valence-electron chi connectivity index (χ4n) is 3.93. The van der Waals surface area contributed by atoms with Gasteiger partial charge in [0.25, 0.3) is 0 Å². The first kappa shape index (κ1) is 17.4. The predicted molar refractivity (Wildman–Crippen MR) is 102 cm³/mol. The van der Waals surface area contributed by atoms with Gasteiger partial charge in [-0.05, 0) is 31.0 Å². The van der Waals surface area contributed by atoms with Crippen LogP contribution in [0.4, 0.5) is 4.39 Å². The molecule has 144 valence electrons. The Balaban J connectivity index is 1.32. The summed E-state index contributed by atoms with van der Waals surface area (Å²) in [5.41, 5.74) is 3.48. The first-order valence-electron chi connectivity index (χ1n) is 9.18. The smallest absolute Gasteiger partial charge is 0.233 e. The molecule has 0 saturated carbocycles. The summed E-state index contributed by atoms with van der Waals surface area (Å²) in [7, 11) is 0. The SMILES string of the molecule is Oc1cc(-c2nncs2)ccc1-c1ccc(O[C@H]2C[C@@H]3CC[C@@H](N3)[C@H]2F)nn1. The number of fused-ring (bicyclic) bond motifs is 2. The molecule has 9 heteroatoms. The van der Waals surface area contributed by atoms with E-state index in [-0.39, 0.29) is 11.8 Å². The van der Waals surface area contributed by atoms with Crippen molar-refractivity contribution in [3.8, 4) is 33.5 Å². The van der Waals surface area contributed by atoms with Crippen molar-refractivity contribution in [2.45, 2.75) is 43.6 Å². The Labute approximate surface area is 164 Å². The summed E-state index contributed by atoms with van der Waals surface area (Å²) in [6, 6.07) is 8.80. The van der Waals surface area contributed by atoms with Crippen molar-refractivity contribution in [3.05, 3.63) is 35.8 Å². The van der Waals surface area contributed by atoms with Crippen molar-refractivity contribution < 1.29 is 14.2 Å². The molecular formula is C19H18FN5O2S. The minimum absolute atomic E-state index is 0.0782. The van der Waals surface area contributed by atoms with E-state index in [1.807, 2.05) is 6.07 Å². The van der Waals surface area contributed by atoms with Crippen LogP contribution in [-0.4, -0.2) is 49.9 Å². The molecule has 4 atom stereocenters. The number of nitrogens with zero attached hydrogens (tertiary/aromatic N) is 4. The molecule has 2 fully saturated rings. The van der Waals surface area contributed by atoms with Gasteiger partial charge >= 0.3 is 0 Å². The summed E-state index contributed by atoms with van der Waals surface area (Å²) in [6.45, 7) is 0. The molecule has 28 heavy (non-hydrogen) atoms. The van der Waals surface area contributed by atoms with E-state index in [4.69, 9.17) is 4.74 Å². The summed E-state index contributed by atoms with van der Waals surface area (Å²) in [5, 5.41) is 30.4. The number of hydrogen-bond donors (Lipinski definition) is 2. The average molecular weight is 399 g/mol. The van der Waals surface area contributed by atoms with Crippen LogP contribution in [0.25, 0.3) is 21.8 Å². The number of aromatic nitrogens is 4. The molecule has 2 aliphatic heterocycles. The number of rotatable bonds is 4. The van der Waals surface area contributed by atoms with Crippen molar-refractivity contribution >= 4 is 11.3 Å². The van der Waals surface area contributed by atoms with Crippen molar-refractivity contribution in [2.75, 3.05) is 0 Å². The topological polar surface area (TPSA) is 93.1 Å². The van der Waals surface area contributed by atoms with Gasteiger partial charge in [-0.2, -0.15) is 0 Å². The summed E-state index contributed by atoms with van der Waals surface area (Å²) < 4.78 is 20.3. The van der Waals surface area contributed by atoms with Gasteiger partial charge in [0.2, 0.25) is 5.88 Å². The monoisotopic (exact) mass is 399 g/mol. The molecule has 2 saturated heterocycles. The summed E-state index contributed by atoms with van der Waals surface area (Å²) in [4.78, 5) is 0. The number of phenolic OH excluding ortho intramolecular Hbond substituents is 1. The van der Waals surface area contributed by atoms with Gasteiger partial charge in [0.15, 0.2) is 6.17 Å². The van der Waals surface area contributed by atoms with E-state index >= 15 is 0 Å². The summed E-state index contributed by atoms with van der Waals surface area (Å²) in [5.74, 6) is 0.372. The van der Waals surface area contributed by atoms with Crippen LogP contribution in [0.1, 0.15) is 19.3 Å². The van der Waals surface area contributed by atoms with Gasteiger partial charge in [-0.25, -0.2) is 4.39 Å². The van der Waals surface area contributed by atoms with E-state index < -0.39 is 12.3 Å². The van der Waals surface area contributed by atoms with E-state index in [0.29, 0.717) is 29.6 Å². The van der Waals surface area contributed by atoms with Gasteiger partial charge < -0.3 is 15.2 Å². The van der Waals surface area contributed by atoms with Gasteiger partial charge in [0.05, 0.1) is 5.69 Å². The summed E-state index contributed by atoms with van der Waals surface area (Å²) in [6.07, 6.45) is 0.926. The first-order valence-corrected chi connectivity index (χ1v) is 10.1. The van der Waals surface area contributed by atoms with Gasteiger partial charge in [-0.3, -0.25) is 0 Å². The fraction of sp³-hybridized carbons (Fsp3) is 0.368. The van der Waals surface area contributed by atoms with Gasteiger partial charge in [0, 0.05) is 35.7 Å². The Hall–Kier alpha value is -2.65. The number of piperidine rings is 1. The lowest BCUT2D eigenvalue weighted by Gasteiger charge is -2.32. The third-order valence-electron chi connectivity index (χ3n) is 5.33. The zero-order valence-corrected chi connectivity index (χ0v) is 15.6. The second-order valence-corrected chi connectivity index (χ2v) is 7.95. The van der Waals surface area contributed by atoms with Crippen LogP contribution >= 0.6 is 11.3 Å². The molecule has 2 N–H and O–H groups in total. The number of phenols is 1. The minimum atomic E-state index is -1.04. The van der Waals surface area contributed by atoms with Gasteiger partial charge in [-0.1, -0.05) is 17.4 Å². The molecular weight excluding hydrogens is 381 g/mol. The molecule has 3 aromatic rings. The number of aromatic hydroxyl groups is 1. The maximum absolute atomic E-state index is 14.5. The molecule has 4 heterocycles. The largest absolute Gasteiger partial charge is 0.507 e.